The number of alkyl halides is 2. The van der Waals surface area contributed by atoms with E-state index in [0.29, 0.717) is 25.4 Å². The van der Waals surface area contributed by atoms with Gasteiger partial charge in [-0.1, -0.05) is 6.92 Å². The van der Waals surface area contributed by atoms with Crippen molar-refractivity contribution in [1.82, 2.24) is 15.1 Å². The zero-order valence-electron chi connectivity index (χ0n) is 12.2. The lowest BCUT2D eigenvalue weighted by Gasteiger charge is -2.38. The molecule has 2 fully saturated rings. The second-order valence-corrected chi connectivity index (χ2v) is 5.94. The Morgan fingerprint density at radius 2 is 2.00 bits per heavy atom. The zero-order chi connectivity index (χ0) is 14.6. The van der Waals surface area contributed by atoms with Gasteiger partial charge in [-0.25, -0.2) is 0 Å². The van der Waals surface area contributed by atoms with E-state index in [-0.39, 0.29) is 12.5 Å². The van der Waals surface area contributed by atoms with Crippen molar-refractivity contribution in [2.75, 3.05) is 39.3 Å². The molecule has 0 atom stereocenters. The Hall–Kier alpha value is -0.750. The molecule has 116 valence electrons. The molecule has 20 heavy (non-hydrogen) atoms. The molecule has 1 N–H and O–H groups in total. The molecular weight excluding hydrogens is 264 g/mol. The number of rotatable bonds is 4. The number of likely N-dealkylation sites (tertiary alicyclic amines) is 1. The van der Waals surface area contributed by atoms with Crippen molar-refractivity contribution in [3.05, 3.63) is 0 Å². The van der Waals surface area contributed by atoms with Gasteiger partial charge in [0.05, 0.1) is 6.54 Å². The Balaban J connectivity index is 1.73. The molecular formula is C14H25F2N3O. The van der Waals surface area contributed by atoms with Crippen LogP contribution in [0.5, 0.6) is 0 Å². The van der Waals surface area contributed by atoms with Crippen molar-refractivity contribution in [3.8, 4) is 0 Å². The highest BCUT2D eigenvalue weighted by Gasteiger charge is 2.35. The van der Waals surface area contributed by atoms with Crippen LogP contribution in [-0.4, -0.2) is 61.0 Å². The number of nitrogens with one attached hydrogen (secondary N) is 1. The van der Waals surface area contributed by atoms with Crippen LogP contribution in [0.25, 0.3) is 0 Å². The number of nitrogens with zero attached hydrogens (tertiary/aromatic N) is 2. The summed E-state index contributed by atoms with van der Waals surface area (Å²) in [5.41, 5.74) is 0. The number of carbonyl (C=O) groups is 1. The minimum Gasteiger partial charge on any atom is -0.343 e. The van der Waals surface area contributed by atoms with Gasteiger partial charge in [0.25, 0.3) is 0 Å². The van der Waals surface area contributed by atoms with E-state index < -0.39 is 6.05 Å². The molecule has 2 heterocycles. The predicted molar refractivity (Wildman–Crippen MR) is 73.6 cm³/mol. The molecule has 2 aliphatic heterocycles. The first kappa shape index (κ1) is 15.6. The van der Waals surface area contributed by atoms with E-state index in [1.54, 1.807) is 0 Å². The smallest absolute Gasteiger partial charge is 0.315 e. The van der Waals surface area contributed by atoms with Crippen molar-refractivity contribution in [2.45, 2.75) is 38.7 Å². The standard InChI is InChI=1S/C14H25F2N3O/c1-2-3-13(20)19-7-4-12(5-8-19)10-18-9-6-17-14(15,16)11-18/h12,17H,2-11H2,1H3. The van der Waals surface area contributed by atoms with E-state index in [4.69, 9.17) is 0 Å². The third-order valence-electron chi connectivity index (χ3n) is 4.18. The molecule has 0 spiro atoms. The van der Waals surface area contributed by atoms with E-state index in [9.17, 15) is 13.6 Å². The number of amides is 1. The third kappa shape index (κ3) is 4.38. The van der Waals surface area contributed by atoms with Gasteiger partial charge in [-0.15, -0.1) is 0 Å². The maximum atomic E-state index is 13.3. The first-order valence-electron chi connectivity index (χ1n) is 7.63. The maximum Gasteiger partial charge on any atom is 0.315 e. The summed E-state index contributed by atoms with van der Waals surface area (Å²) in [4.78, 5) is 15.6. The topological polar surface area (TPSA) is 35.6 Å². The van der Waals surface area contributed by atoms with Crippen LogP contribution < -0.4 is 5.32 Å². The minimum atomic E-state index is -2.75. The maximum absolute atomic E-state index is 13.3. The van der Waals surface area contributed by atoms with Crippen molar-refractivity contribution >= 4 is 5.91 Å². The molecule has 1 amide bonds. The van der Waals surface area contributed by atoms with E-state index in [1.165, 1.54) is 0 Å². The van der Waals surface area contributed by atoms with Gasteiger partial charge in [0.1, 0.15) is 0 Å². The first-order chi connectivity index (χ1) is 9.50. The van der Waals surface area contributed by atoms with Gasteiger partial charge in [-0.2, -0.15) is 8.78 Å². The summed E-state index contributed by atoms with van der Waals surface area (Å²) in [7, 11) is 0. The molecule has 0 aliphatic carbocycles. The molecule has 2 saturated heterocycles. The molecule has 0 bridgehead atoms. The minimum absolute atomic E-state index is 0.192. The number of piperazine rings is 1. The Kier molecular flexibility index (Phi) is 5.32. The first-order valence-corrected chi connectivity index (χ1v) is 7.63. The fraction of sp³-hybridized carbons (Fsp3) is 0.929. The Bertz CT molecular complexity index is 330. The van der Waals surface area contributed by atoms with E-state index in [0.717, 1.165) is 38.9 Å². The lowest BCUT2D eigenvalue weighted by Crippen LogP contribution is -2.56. The Morgan fingerprint density at radius 3 is 2.60 bits per heavy atom. The summed E-state index contributed by atoms with van der Waals surface area (Å²) < 4.78 is 26.5. The second-order valence-electron chi connectivity index (χ2n) is 5.94. The van der Waals surface area contributed by atoms with Crippen molar-refractivity contribution in [3.63, 3.8) is 0 Å². The van der Waals surface area contributed by atoms with Crippen LogP contribution in [0.4, 0.5) is 8.78 Å². The van der Waals surface area contributed by atoms with Crippen LogP contribution in [0.2, 0.25) is 0 Å². The molecule has 0 aromatic rings. The molecule has 0 aromatic heterocycles. The number of hydrogen-bond acceptors (Lipinski definition) is 3. The summed E-state index contributed by atoms with van der Waals surface area (Å²) in [6, 6.07) is -2.75. The lowest BCUT2D eigenvalue weighted by atomic mass is 9.95. The third-order valence-corrected chi connectivity index (χ3v) is 4.18. The number of piperidine rings is 1. The summed E-state index contributed by atoms with van der Waals surface area (Å²) in [5.74, 6) is 0.675. The normalized spacial score (nSPS) is 24.9. The highest BCUT2D eigenvalue weighted by atomic mass is 19.3. The van der Waals surface area contributed by atoms with Gasteiger partial charge in [0.2, 0.25) is 5.91 Å². The summed E-state index contributed by atoms with van der Waals surface area (Å²) in [6.45, 7) is 5.15. The van der Waals surface area contributed by atoms with Gasteiger partial charge >= 0.3 is 6.05 Å². The van der Waals surface area contributed by atoms with Crippen molar-refractivity contribution in [1.29, 1.82) is 0 Å². The highest BCUT2D eigenvalue weighted by molar-refractivity contribution is 5.76. The van der Waals surface area contributed by atoms with Crippen LogP contribution in [0.1, 0.15) is 32.6 Å². The Labute approximate surface area is 119 Å². The number of carbonyl (C=O) groups excluding carboxylic acids is 1. The molecule has 4 nitrogen and oxygen atoms in total. The van der Waals surface area contributed by atoms with E-state index in [1.807, 2.05) is 16.7 Å². The summed E-state index contributed by atoms with van der Waals surface area (Å²) in [5, 5.41) is 2.23. The monoisotopic (exact) mass is 289 g/mol. The molecule has 0 unspecified atom stereocenters. The lowest BCUT2D eigenvalue weighted by molar-refractivity contribution is -0.132. The van der Waals surface area contributed by atoms with Gasteiger partial charge in [-0.3, -0.25) is 15.0 Å². The van der Waals surface area contributed by atoms with Crippen molar-refractivity contribution in [2.24, 2.45) is 5.92 Å². The van der Waals surface area contributed by atoms with Crippen LogP contribution in [0.15, 0.2) is 0 Å². The molecule has 2 aliphatic rings. The number of hydrogen-bond donors (Lipinski definition) is 1. The fourth-order valence-corrected chi connectivity index (χ4v) is 3.07. The second kappa shape index (κ2) is 6.80. The van der Waals surface area contributed by atoms with Crippen LogP contribution in [0.3, 0.4) is 0 Å². The highest BCUT2D eigenvalue weighted by Crippen LogP contribution is 2.22. The quantitative estimate of drug-likeness (QED) is 0.797. The van der Waals surface area contributed by atoms with Gasteiger partial charge < -0.3 is 4.90 Å². The van der Waals surface area contributed by atoms with Gasteiger partial charge in [0.15, 0.2) is 0 Å². The SMILES string of the molecule is CCCC(=O)N1CCC(CN2CCNC(F)(F)C2)CC1. The van der Waals surface area contributed by atoms with Crippen LogP contribution in [0, 0.1) is 5.92 Å². The van der Waals surface area contributed by atoms with E-state index in [2.05, 4.69) is 5.32 Å². The molecule has 0 aromatic carbocycles. The largest absolute Gasteiger partial charge is 0.343 e. The summed E-state index contributed by atoms with van der Waals surface area (Å²) >= 11 is 0. The average Bonchev–Trinajstić information content (AvgIpc) is 2.38. The molecule has 6 heteroatoms. The van der Waals surface area contributed by atoms with Crippen LogP contribution in [-0.2, 0) is 4.79 Å². The zero-order valence-corrected chi connectivity index (χ0v) is 12.2. The predicted octanol–water partition coefficient (Wildman–Crippen LogP) is 1.52. The van der Waals surface area contributed by atoms with Crippen LogP contribution >= 0.6 is 0 Å². The molecule has 0 radical (unpaired) electrons. The average molecular weight is 289 g/mol. The summed E-state index contributed by atoms with van der Waals surface area (Å²) in [6.07, 6.45) is 3.37. The Morgan fingerprint density at radius 1 is 1.30 bits per heavy atom. The van der Waals surface area contributed by atoms with Gasteiger partial charge in [-0.05, 0) is 25.2 Å². The molecule has 2 rings (SSSR count). The fourth-order valence-electron chi connectivity index (χ4n) is 3.07. The number of halogens is 2. The molecule has 0 saturated carbocycles. The van der Waals surface area contributed by atoms with E-state index >= 15 is 0 Å². The van der Waals surface area contributed by atoms with Gasteiger partial charge in [0, 0.05) is 39.1 Å². The van der Waals surface area contributed by atoms with Crippen molar-refractivity contribution < 1.29 is 13.6 Å².